The number of rotatable bonds is 3. The normalized spacial score (nSPS) is 23.4. The second-order valence-corrected chi connectivity index (χ2v) is 5.01. The Balaban J connectivity index is 2.40. The molecule has 1 aromatic carbocycles. The van der Waals surface area contributed by atoms with Gasteiger partial charge in [0.05, 0.1) is 20.6 Å². The van der Waals surface area contributed by atoms with Gasteiger partial charge in [-0.25, -0.2) is 0 Å². The molecule has 1 aliphatic carbocycles. The Bertz CT molecular complexity index is 437. The summed E-state index contributed by atoms with van der Waals surface area (Å²) in [6.45, 7) is 0.208. The molecule has 0 radical (unpaired) electrons. The fraction of sp³-hybridized carbons (Fsp3) is 0.417. The molecule has 2 N–H and O–H groups in total. The summed E-state index contributed by atoms with van der Waals surface area (Å²) in [7, 11) is 3.07. The van der Waals surface area contributed by atoms with Crippen LogP contribution in [0.3, 0.4) is 0 Å². The van der Waals surface area contributed by atoms with Crippen LogP contribution in [-0.4, -0.2) is 31.2 Å². The molecule has 1 unspecified atom stereocenters. The van der Waals surface area contributed by atoms with E-state index in [1.807, 2.05) is 24.3 Å². The largest absolute Gasteiger partial charge is 0.633 e. The number of benzene rings is 1. The number of likely N-dealkylation sites (N-methyl/N-ethyl adjacent to an activating group) is 1. The third-order valence-electron chi connectivity index (χ3n) is 3.15. The summed E-state index contributed by atoms with van der Waals surface area (Å²) in [6.07, 6.45) is 0.586. The van der Waals surface area contributed by atoms with E-state index in [2.05, 4.69) is 0 Å². The number of amides is 1. The van der Waals surface area contributed by atoms with Gasteiger partial charge in [-0.3, -0.25) is 4.79 Å². The molecule has 0 fully saturated rings. The number of fused-ring (bicyclic) bond motifs is 1. The molecule has 1 aromatic rings. The number of hydroxylamine groups is 3. The van der Waals surface area contributed by atoms with Gasteiger partial charge < -0.3 is 15.6 Å². The van der Waals surface area contributed by atoms with Crippen molar-refractivity contribution in [1.82, 2.24) is 0 Å². The van der Waals surface area contributed by atoms with Gasteiger partial charge in [-0.05, 0) is 17.5 Å². The van der Waals surface area contributed by atoms with Crippen LogP contribution in [0.2, 0.25) is 0 Å². The minimum Gasteiger partial charge on any atom is -0.633 e. The average Bonchev–Trinajstić information content (AvgIpc) is 2.12. The van der Waals surface area contributed by atoms with Crippen LogP contribution >= 0.6 is 0 Å². The molecular weight excluding hydrogens is 204 g/mol. The number of carbonyl (C=O) groups excluding carboxylic acids is 1. The molecular formula is C12H16N2O2. The van der Waals surface area contributed by atoms with E-state index in [1.165, 1.54) is 14.1 Å². The molecule has 4 nitrogen and oxygen atoms in total. The number of quaternary nitrogens is 1. The smallest absolute Gasteiger partial charge is 0.234 e. The second-order valence-electron chi connectivity index (χ2n) is 5.01. The van der Waals surface area contributed by atoms with Crippen LogP contribution in [0.25, 0.3) is 0 Å². The molecule has 0 saturated carbocycles. The number of hydrogen-bond acceptors (Lipinski definition) is 2. The van der Waals surface area contributed by atoms with Gasteiger partial charge in [0.25, 0.3) is 0 Å². The third-order valence-corrected chi connectivity index (χ3v) is 3.15. The van der Waals surface area contributed by atoms with E-state index in [4.69, 9.17) is 5.73 Å². The number of nitrogens with zero attached hydrogens (tertiary/aromatic N) is 1. The van der Waals surface area contributed by atoms with E-state index < -0.39 is 16.0 Å². The first-order chi connectivity index (χ1) is 7.35. The lowest BCUT2D eigenvalue weighted by Gasteiger charge is -2.47. The standard InChI is InChI=1S/C12H16N2O2/c1-14(2,16)8-12(11(13)15)7-9-5-3-4-6-10(9)12/h3-6H,7-8H2,1-2H3,(H2,13,15). The van der Waals surface area contributed by atoms with Gasteiger partial charge >= 0.3 is 0 Å². The van der Waals surface area contributed by atoms with Gasteiger partial charge in [-0.1, -0.05) is 24.3 Å². The molecule has 1 atom stereocenters. The maximum Gasteiger partial charge on any atom is 0.234 e. The minimum absolute atomic E-state index is 0.208. The van der Waals surface area contributed by atoms with Crippen LogP contribution in [0.5, 0.6) is 0 Å². The van der Waals surface area contributed by atoms with Crippen molar-refractivity contribution in [2.24, 2.45) is 5.73 Å². The summed E-state index contributed by atoms with van der Waals surface area (Å²) in [6, 6.07) is 7.67. The zero-order chi connectivity index (χ0) is 12.0. The van der Waals surface area contributed by atoms with Gasteiger partial charge in [-0.2, -0.15) is 0 Å². The summed E-state index contributed by atoms with van der Waals surface area (Å²) >= 11 is 0. The van der Waals surface area contributed by atoms with Crippen LogP contribution in [0.15, 0.2) is 24.3 Å². The molecule has 2 rings (SSSR count). The lowest BCUT2D eigenvalue weighted by atomic mass is 9.63. The average molecular weight is 220 g/mol. The maximum absolute atomic E-state index is 11.8. The number of primary amides is 1. The highest BCUT2D eigenvalue weighted by atomic mass is 16.5. The lowest BCUT2D eigenvalue weighted by Crippen LogP contribution is -2.59. The summed E-state index contributed by atoms with van der Waals surface area (Å²) in [4.78, 5) is 11.6. The topological polar surface area (TPSA) is 66.2 Å². The predicted octanol–water partition coefficient (Wildman–Crippen LogP) is 0.540. The van der Waals surface area contributed by atoms with Crippen LogP contribution in [0.4, 0.5) is 0 Å². The molecule has 16 heavy (non-hydrogen) atoms. The molecule has 1 aliphatic rings. The van der Waals surface area contributed by atoms with E-state index in [9.17, 15) is 10.0 Å². The van der Waals surface area contributed by atoms with Gasteiger partial charge in [0.15, 0.2) is 0 Å². The maximum atomic E-state index is 11.8. The summed E-state index contributed by atoms with van der Waals surface area (Å²) in [5.74, 6) is -0.395. The molecule has 0 spiro atoms. The minimum atomic E-state index is -0.762. The van der Waals surface area contributed by atoms with Crippen molar-refractivity contribution in [2.75, 3.05) is 20.6 Å². The predicted molar refractivity (Wildman–Crippen MR) is 61.4 cm³/mol. The molecule has 86 valence electrons. The van der Waals surface area contributed by atoms with Crippen molar-refractivity contribution in [3.8, 4) is 0 Å². The van der Waals surface area contributed by atoms with Gasteiger partial charge in [0, 0.05) is 0 Å². The first-order valence-corrected chi connectivity index (χ1v) is 5.27. The summed E-state index contributed by atoms with van der Waals surface area (Å²) < 4.78 is -0.503. The van der Waals surface area contributed by atoms with E-state index in [0.717, 1.165) is 11.1 Å². The zero-order valence-corrected chi connectivity index (χ0v) is 9.56. The van der Waals surface area contributed by atoms with Crippen molar-refractivity contribution in [3.05, 3.63) is 40.6 Å². The van der Waals surface area contributed by atoms with Gasteiger partial charge in [0.1, 0.15) is 5.41 Å². The Morgan fingerprint density at radius 3 is 2.62 bits per heavy atom. The highest BCUT2D eigenvalue weighted by Gasteiger charge is 2.50. The second kappa shape index (κ2) is 3.30. The van der Waals surface area contributed by atoms with Crippen LogP contribution < -0.4 is 5.73 Å². The van der Waals surface area contributed by atoms with Gasteiger partial charge in [-0.15, -0.1) is 0 Å². The molecule has 1 amide bonds. The van der Waals surface area contributed by atoms with Crippen molar-refractivity contribution < 1.29 is 9.44 Å². The molecule has 0 aliphatic heterocycles. The molecule has 4 heteroatoms. The molecule has 0 saturated heterocycles. The van der Waals surface area contributed by atoms with E-state index >= 15 is 0 Å². The highest BCUT2D eigenvalue weighted by molar-refractivity contribution is 5.90. The fourth-order valence-corrected chi connectivity index (χ4v) is 2.54. The number of hydrogen-bond donors (Lipinski definition) is 1. The molecule has 0 heterocycles. The van der Waals surface area contributed by atoms with Crippen LogP contribution in [0.1, 0.15) is 11.1 Å². The van der Waals surface area contributed by atoms with Crippen molar-refractivity contribution in [3.63, 3.8) is 0 Å². The first kappa shape index (κ1) is 11.1. The Morgan fingerprint density at radius 2 is 2.12 bits per heavy atom. The van der Waals surface area contributed by atoms with E-state index in [0.29, 0.717) is 6.42 Å². The van der Waals surface area contributed by atoms with Crippen molar-refractivity contribution >= 4 is 5.91 Å². The van der Waals surface area contributed by atoms with Crippen molar-refractivity contribution in [2.45, 2.75) is 11.8 Å². The van der Waals surface area contributed by atoms with Crippen molar-refractivity contribution in [1.29, 1.82) is 0 Å². The third kappa shape index (κ3) is 1.60. The Hall–Kier alpha value is -1.39. The van der Waals surface area contributed by atoms with E-state index in [1.54, 1.807) is 0 Å². The van der Waals surface area contributed by atoms with Crippen LogP contribution in [-0.2, 0) is 16.6 Å². The lowest BCUT2D eigenvalue weighted by molar-refractivity contribution is -0.843. The zero-order valence-electron chi connectivity index (χ0n) is 9.56. The Labute approximate surface area is 94.8 Å². The van der Waals surface area contributed by atoms with Gasteiger partial charge in [0.2, 0.25) is 5.91 Å². The monoisotopic (exact) mass is 220 g/mol. The number of nitrogens with two attached hydrogens (primary N) is 1. The first-order valence-electron chi connectivity index (χ1n) is 5.27. The molecule has 0 bridgehead atoms. The van der Waals surface area contributed by atoms with E-state index in [-0.39, 0.29) is 6.54 Å². The Morgan fingerprint density at radius 1 is 1.50 bits per heavy atom. The highest BCUT2D eigenvalue weighted by Crippen LogP contribution is 2.42. The fourth-order valence-electron chi connectivity index (χ4n) is 2.54. The molecule has 0 aromatic heterocycles. The summed E-state index contributed by atoms with van der Waals surface area (Å²) in [5, 5.41) is 11.8. The number of carbonyl (C=O) groups is 1. The SMILES string of the molecule is C[N+](C)([O-])CC1(C(N)=O)Cc2ccccc21. The summed E-state index contributed by atoms with van der Waals surface area (Å²) in [5.41, 5.74) is 6.75. The van der Waals surface area contributed by atoms with Crippen LogP contribution in [0, 0.1) is 5.21 Å². The quantitative estimate of drug-likeness (QED) is 0.596. The Kier molecular flexibility index (Phi) is 2.29.